The molecule has 0 aliphatic heterocycles. The lowest BCUT2D eigenvalue weighted by molar-refractivity contribution is 0.520. The van der Waals surface area contributed by atoms with Crippen LogP contribution in [-0.4, -0.2) is 4.98 Å². The van der Waals surface area contributed by atoms with Crippen LogP contribution in [0.25, 0.3) is 33.2 Å². The summed E-state index contributed by atoms with van der Waals surface area (Å²) in [6, 6.07) is 26.3. The zero-order chi connectivity index (χ0) is 29.1. The number of hydrogen-bond donors (Lipinski definition) is 0. The van der Waals surface area contributed by atoms with Crippen molar-refractivity contribution in [2.24, 2.45) is 0 Å². The van der Waals surface area contributed by atoms with Crippen LogP contribution in [0.2, 0.25) is 0 Å². The first-order valence-corrected chi connectivity index (χ1v) is 12.5. The Morgan fingerprint density at radius 2 is 1.05 bits per heavy atom. The average molecular weight is 528 g/mol. The topological polar surface area (TPSA) is 22.1 Å². The van der Waals surface area contributed by atoms with Crippen LogP contribution in [0.1, 0.15) is 6.92 Å². The molecule has 0 spiro atoms. The number of nitrogens with zero attached hydrogens (tertiary/aromatic N) is 1. The quantitative estimate of drug-likeness (QED) is 0.307. The summed E-state index contributed by atoms with van der Waals surface area (Å²) in [7, 11) is 0. The van der Waals surface area contributed by atoms with Crippen molar-refractivity contribution in [3.63, 3.8) is 0 Å². The van der Waals surface area contributed by atoms with Crippen molar-refractivity contribution < 1.29 is 4.74 Å². The molecule has 42 heavy (non-hydrogen) atoms. The molecule has 0 N–H and O–H groups in total. The molecule has 4 rings (SSSR count). The Labute approximate surface area is 246 Å². The second-order valence-corrected chi connectivity index (χ2v) is 7.94. The van der Waals surface area contributed by atoms with Gasteiger partial charge in [0.2, 0.25) is 0 Å². The lowest BCUT2D eigenvalue weighted by atomic mass is 9.99. The molecular weight excluding hydrogens is 510 g/mol. The first-order chi connectivity index (χ1) is 20.8. The Morgan fingerprint density at radius 3 is 1.71 bits per heavy atom. The molecule has 0 aliphatic rings. The van der Waals surface area contributed by atoms with E-state index < -0.39 is 0 Å². The van der Waals surface area contributed by atoms with Gasteiger partial charge in [0.1, 0.15) is 11.9 Å². The van der Waals surface area contributed by atoms with E-state index in [-0.39, 0.29) is 0 Å². The zero-order valence-corrected chi connectivity index (χ0v) is 22.4. The van der Waals surface area contributed by atoms with Crippen molar-refractivity contribution in [1.29, 1.82) is 0 Å². The van der Waals surface area contributed by atoms with Crippen LogP contribution in [0.15, 0.2) is 85.1 Å². The van der Waals surface area contributed by atoms with E-state index in [0.29, 0.717) is 5.75 Å². The second kappa shape index (κ2) is 16.0. The Morgan fingerprint density at radius 1 is 0.500 bits per heavy atom. The summed E-state index contributed by atoms with van der Waals surface area (Å²) < 4.78 is 5.56. The van der Waals surface area contributed by atoms with Crippen LogP contribution < -0.4 is 4.74 Å². The van der Waals surface area contributed by atoms with E-state index in [1.165, 1.54) is 0 Å². The maximum absolute atomic E-state index is 5.56. The summed E-state index contributed by atoms with van der Waals surface area (Å²) in [5.41, 5.74) is 4.04. The van der Waals surface area contributed by atoms with Gasteiger partial charge in [-0.1, -0.05) is 60.5 Å². The number of hydrogen-bond acceptors (Lipinski definition) is 2. The first kappa shape index (κ1) is 27.9. The number of pyridine rings is 1. The SMILES string of the molecule is CC#CC#CC#CC#CC#CC#CC#CC#CC#COc1cccc(-c2cccc(-c3nccc4ccccc34)c2)c1. The van der Waals surface area contributed by atoms with Gasteiger partial charge in [0.25, 0.3) is 0 Å². The molecule has 2 nitrogen and oxygen atoms in total. The second-order valence-electron chi connectivity index (χ2n) is 7.94. The molecule has 0 bridgehead atoms. The molecule has 0 radical (unpaired) electrons. The van der Waals surface area contributed by atoms with E-state index in [4.69, 9.17) is 4.74 Å². The van der Waals surface area contributed by atoms with Crippen molar-refractivity contribution in [2.75, 3.05) is 0 Å². The minimum absolute atomic E-state index is 0.610. The third kappa shape index (κ3) is 8.74. The minimum Gasteiger partial charge on any atom is -0.407 e. The number of ether oxygens (including phenoxy) is 1. The number of aromatic nitrogens is 1. The summed E-state index contributed by atoms with van der Waals surface area (Å²) in [6.45, 7) is 1.70. The van der Waals surface area contributed by atoms with E-state index in [1.807, 2.05) is 54.7 Å². The summed E-state index contributed by atoms with van der Waals surface area (Å²) >= 11 is 0. The van der Waals surface area contributed by atoms with Crippen LogP contribution in [0.4, 0.5) is 0 Å². The van der Waals surface area contributed by atoms with Gasteiger partial charge in [-0.3, -0.25) is 4.98 Å². The highest BCUT2D eigenvalue weighted by atomic mass is 16.5. The molecule has 0 aliphatic carbocycles. The maximum atomic E-state index is 5.56. The maximum Gasteiger partial charge on any atom is 0.140 e. The molecule has 0 atom stereocenters. The van der Waals surface area contributed by atoms with Crippen molar-refractivity contribution in [1.82, 2.24) is 4.98 Å². The van der Waals surface area contributed by atoms with E-state index >= 15 is 0 Å². The Hall–Kier alpha value is -7.09. The van der Waals surface area contributed by atoms with Crippen molar-refractivity contribution in [2.45, 2.75) is 6.92 Å². The number of rotatable bonds is 3. The number of benzene rings is 3. The molecule has 0 fully saturated rings. The molecule has 4 aromatic rings. The summed E-state index contributed by atoms with van der Waals surface area (Å²) in [5, 5.41) is 2.27. The molecule has 0 saturated carbocycles. The predicted molar refractivity (Wildman–Crippen MR) is 169 cm³/mol. The first-order valence-electron chi connectivity index (χ1n) is 12.5. The normalized spacial score (nSPS) is 7.83. The monoisotopic (exact) mass is 527 g/mol. The van der Waals surface area contributed by atoms with Crippen LogP contribution >= 0.6 is 0 Å². The summed E-state index contributed by atoms with van der Waals surface area (Å²) in [5.74, 6) is 44.3. The lowest BCUT2D eigenvalue weighted by Gasteiger charge is -2.09. The van der Waals surface area contributed by atoms with Gasteiger partial charge < -0.3 is 4.74 Å². The van der Waals surface area contributed by atoms with Gasteiger partial charge in [0, 0.05) is 64.5 Å². The average Bonchev–Trinajstić information content (AvgIpc) is 3.04. The largest absolute Gasteiger partial charge is 0.407 e. The standard InChI is InChI=1S/C40H17NO/c1-2-3-4-5-6-7-8-9-10-11-12-13-14-15-16-17-20-31-42-38-27-22-25-36(33-38)35-24-21-26-37(32-35)40-39-28-19-18-23-34(39)29-30-41-40/h18-19,21-30,32-33H,1H3. The van der Waals surface area contributed by atoms with Gasteiger partial charge in [-0.15, -0.1) is 0 Å². The summed E-state index contributed by atoms with van der Waals surface area (Å²) in [4.78, 5) is 4.65. The summed E-state index contributed by atoms with van der Waals surface area (Å²) in [6.07, 6.45) is 4.43. The van der Waals surface area contributed by atoms with Crippen molar-refractivity contribution in [3.8, 4) is 135 Å². The van der Waals surface area contributed by atoms with Crippen LogP contribution in [0, 0.1) is 107 Å². The van der Waals surface area contributed by atoms with E-state index in [0.717, 1.165) is 33.2 Å². The fraction of sp³-hybridized carbons (Fsp3) is 0.0250. The third-order valence-electron chi connectivity index (χ3n) is 5.26. The van der Waals surface area contributed by atoms with Gasteiger partial charge in [-0.2, -0.15) is 0 Å². The Kier molecular flexibility index (Phi) is 10.6. The molecule has 0 amide bonds. The zero-order valence-electron chi connectivity index (χ0n) is 22.4. The van der Waals surface area contributed by atoms with Gasteiger partial charge in [-0.25, -0.2) is 0 Å². The molecular formula is C40H17NO. The van der Waals surface area contributed by atoms with Gasteiger partial charge in [0.15, 0.2) is 0 Å². The van der Waals surface area contributed by atoms with Gasteiger partial charge in [-0.05, 0) is 95.1 Å². The molecule has 3 aromatic carbocycles. The Balaban J connectivity index is 1.35. The van der Waals surface area contributed by atoms with Gasteiger partial charge >= 0.3 is 0 Å². The van der Waals surface area contributed by atoms with Crippen LogP contribution in [0.5, 0.6) is 5.75 Å². The van der Waals surface area contributed by atoms with E-state index in [2.05, 4.69) is 142 Å². The lowest BCUT2D eigenvalue weighted by Crippen LogP contribution is -1.88. The fourth-order valence-electron chi connectivity index (χ4n) is 3.54. The van der Waals surface area contributed by atoms with Crippen molar-refractivity contribution >= 4 is 10.8 Å². The predicted octanol–water partition coefficient (Wildman–Crippen LogP) is 5.96. The van der Waals surface area contributed by atoms with Gasteiger partial charge in [0.05, 0.1) is 5.69 Å². The highest BCUT2D eigenvalue weighted by molar-refractivity contribution is 5.95. The highest BCUT2D eigenvalue weighted by Crippen LogP contribution is 2.31. The number of fused-ring (bicyclic) bond motifs is 1. The molecule has 1 aromatic heterocycles. The molecule has 1 heterocycles. The smallest absolute Gasteiger partial charge is 0.140 e. The highest BCUT2D eigenvalue weighted by Gasteiger charge is 2.07. The van der Waals surface area contributed by atoms with E-state index in [1.54, 1.807) is 6.92 Å². The molecule has 0 saturated heterocycles. The third-order valence-corrected chi connectivity index (χ3v) is 5.26. The van der Waals surface area contributed by atoms with Crippen molar-refractivity contribution in [3.05, 3.63) is 85.1 Å². The molecule has 0 unspecified atom stereocenters. The molecule has 2 heteroatoms. The minimum atomic E-state index is 0.610. The fourth-order valence-corrected chi connectivity index (χ4v) is 3.54. The molecule has 188 valence electrons. The van der Waals surface area contributed by atoms with Crippen LogP contribution in [-0.2, 0) is 0 Å². The van der Waals surface area contributed by atoms with Crippen LogP contribution in [0.3, 0.4) is 0 Å². The van der Waals surface area contributed by atoms with E-state index in [9.17, 15) is 0 Å². The Bertz CT molecular complexity index is 2230.